The van der Waals surface area contributed by atoms with Gasteiger partial charge in [-0.25, -0.2) is 4.79 Å². The van der Waals surface area contributed by atoms with Gasteiger partial charge in [-0.2, -0.15) is 0 Å². The molecule has 0 amide bonds. The molecule has 11 nitrogen and oxygen atoms in total. The van der Waals surface area contributed by atoms with Gasteiger partial charge >= 0.3 is 17.9 Å². The van der Waals surface area contributed by atoms with Crippen LogP contribution in [0.4, 0.5) is 0 Å². The Morgan fingerprint density at radius 2 is 0.681 bits per heavy atom. The zero-order chi connectivity index (χ0) is 50.3. The number of hydrogen-bond donors (Lipinski definition) is 4. The molecule has 0 aliphatic carbocycles. The van der Waals surface area contributed by atoms with Gasteiger partial charge in [0, 0.05) is 12.8 Å². The second kappa shape index (κ2) is 48.5. The minimum atomic E-state index is -1.86. The van der Waals surface area contributed by atoms with E-state index in [1.165, 1.54) is 225 Å². The van der Waals surface area contributed by atoms with E-state index in [1.54, 1.807) is 0 Å². The second-order valence-electron chi connectivity index (χ2n) is 20.9. The lowest BCUT2D eigenvalue weighted by Gasteiger charge is -2.38. The number of rotatable bonds is 52. The molecule has 0 aromatic heterocycles. The molecule has 0 bridgehead atoms. The molecule has 408 valence electrons. The second-order valence-corrected chi connectivity index (χ2v) is 20.9. The Morgan fingerprint density at radius 1 is 0.391 bits per heavy atom. The van der Waals surface area contributed by atoms with Crippen LogP contribution in [0.15, 0.2) is 0 Å². The minimum absolute atomic E-state index is 0.192. The van der Waals surface area contributed by atoms with E-state index in [0.717, 1.165) is 38.5 Å². The van der Waals surface area contributed by atoms with E-state index in [9.17, 15) is 34.8 Å². The molecule has 0 saturated carbocycles. The first-order chi connectivity index (χ1) is 33.7. The Hall–Kier alpha value is -1.79. The summed E-state index contributed by atoms with van der Waals surface area (Å²) in [4.78, 5) is 37.1. The Kier molecular flexibility index (Phi) is 45.8. The van der Waals surface area contributed by atoms with Crippen LogP contribution in [0.3, 0.4) is 0 Å². The van der Waals surface area contributed by atoms with Gasteiger partial charge in [-0.3, -0.25) is 9.59 Å². The van der Waals surface area contributed by atoms with Crippen LogP contribution in [0.1, 0.15) is 303 Å². The van der Waals surface area contributed by atoms with E-state index < -0.39 is 54.7 Å². The van der Waals surface area contributed by atoms with Crippen molar-refractivity contribution < 1.29 is 53.8 Å². The average molecular weight is 984 g/mol. The summed E-state index contributed by atoms with van der Waals surface area (Å²) in [6, 6.07) is 0. The van der Waals surface area contributed by atoms with Crippen molar-refractivity contribution in [3.05, 3.63) is 0 Å². The van der Waals surface area contributed by atoms with Crippen molar-refractivity contribution in [1.29, 1.82) is 0 Å². The molecule has 0 aromatic carbocycles. The number of carboxylic acid groups (broad SMARTS) is 1. The third-order valence-corrected chi connectivity index (χ3v) is 14.2. The smallest absolute Gasteiger partial charge is 0.335 e. The Labute approximate surface area is 423 Å². The van der Waals surface area contributed by atoms with E-state index in [2.05, 4.69) is 13.8 Å². The summed E-state index contributed by atoms with van der Waals surface area (Å²) in [7, 11) is 0. The molecule has 1 heterocycles. The van der Waals surface area contributed by atoms with Crippen LogP contribution >= 0.6 is 0 Å². The molecule has 6 atom stereocenters. The van der Waals surface area contributed by atoms with Gasteiger partial charge in [0.2, 0.25) is 0 Å². The van der Waals surface area contributed by atoms with Gasteiger partial charge in [0.15, 0.2) is 18.5 Å². The van der Waals surface area contributed by atoms with Crippen molar-refractivity contribution >= 4 is 17.9 Å². The third-order valence-electron chi connectivity index (χ3n) is 14.2. The Morgan fingerprint density at radius 3 is 0.986 bits per heavy atom. The molecule has 1 aliphatic heterocycles. The minimum Gasteiger partial charge on any atom is -0.479 e. The fourth-order valence-electron chi connectivity index (χ4n) is 9.59. The maximum atomic E-state index is 12.9. The average Bonchev–Trinajstić information content (AvgIpc) is 3.34. The molecule has 69 heavy (non-hydrogen) atoms. The maximum absolute atomic E-state index is 12.9. The molecule has 0 aromatic rings. The van der Waals surface area contributed by atoms with E-state index in [1.807, 2.05) is 0 Å². The largest absolute Gasteiger partial charge is 0.479 e. The van der Waals surface area contributed by atoms with Gasteiger partial charge in [-0.05, 0) is 12.8 Å². The van der Waals surface area contributed by atoms with E-state index in [4.69, 9.17) is 18.9 Å². The molecule has 4 N–H and O–H groups in total. The zero-order valence-electron chi connectivity index (χ0n) is 44.8. The molecule has 1 aliphatic rings. The number of esters is 2. The number of carbonyl (C=O) groups is 3. The van der Waals surface area contributed by atoms with E-state index >= 15 is 0 Å². The summed E-state index contributed by atoms with van der Waals surface area (Å²) in [6.07, 6.45) is 45.9. The third kappa shape index (κ3) is 39.4. The SMILES string of the molecule is CCCCCCCCCCCCCCCCCCCCCCCCCCC(=O)OCC(COC1OC(C(=O)O)C(O)C(O)C1O)OC(=O)CCCCCCCCCCCCCCCCCCCCC. The highest BCUT2D eigenvalue weighted by molar-refractivity contribution is 5.73. The first kappa shape index (κ1) is 65.2. The summed E-state index contributed by atoms with van der Waals surface area (Å²) < 4.78 is 21.9. The normalized spacial score (nSPS) is 18.7. The Bertz CT molecular complexity index is 1150. The number of aliphatic hydroxyl groups excluding tert-OH is 3. The molecule has 6 unspecified atom stereocenters. The lowest BCUT2D eigenvalue weighted by atomic mass is 9.99. The molecule has 0 spiro atoms. The van der Waals surface area contributed by atoms with Crippen LogP contribution in [0.25, 0.3) is 0 Å². The molecule has 1 saturated heterocycles. The van der Waals surface area contributed by atoms with Crippen LogP contribution < -0.4 is 0 Å². The number of ether oxygens (including phenoxy) is 4. The monoisotopic (exact) mass is 983 g/mol. The quantitative estimate of drug-likeness (QED) is 0.0338. The van der Waals surface area contributed by atoms with Gasteiger partial charge in [0.25, 0.3) is 0 Å². The maximum Gasteiger partial charge on any atom is 0.335 e. The predicted molar refractivity (Wildman–Crippen MR) is 280 cm³/mol. The summed E-state index contributed by atoms with van der Waals surface area (Å²) >= 11 is 0. The summed E-state index contributed by atoms with van der Waals surface area (Å²) in [5.74, 6) is -2.41. The number of aliphatic carboxylic acids is 1. The first-order valence-corrected chi connectivity index (χ1v) is 29.6. The van der Waals surface area contributed by atoms with Crippen LogP contribution in [-0.4, -0.2) is 88.4 Å². The standard InChI is InChI=1S/C58H110O11/c1-3-5-7-9-11-13-15-17-19-21-23-24-25-26-27-29-30-32-34-36-38-40-42-44-46-51(59)66-48-50(49-67-58-55(63)53(61)54(62)56(69-58)57(64)65)68-52(60)47-45-43-41-39-37-35-33-31-28-22-20-18-16-14-12-10-8-6-4-2/h50,53-56,58,61-63H,3-49H2,1-2H3,(H,64,65). The van der Waals surface area contributed by atoms with Crippen molar-refractivity contribution in [3.63, 3.8) is 0 Å². The number of aliphatic hydroxyl groups is 3. The van der Waals surface area contributed by atoms with Crippen LogP contribution in [-0.2, 0) is 33.3 Å². The van der Waals surface area contributed by atoms with Crippen molar-refractivity contribution in [2.75, 3.05) is 13.2 Å². The number of hydrogen-bond acceptors (Lipinski definition) is 10. The molecular weight excluding hydrogens is 873 g/mol. The number of carboxylic acids is 1. The van der Waals surface area contributed by atoms with Gasteiger partial charge in [-0.1, -0.05) is 277 Å². The lowest BCUT2D eigenvalue weighted by Crippen LogP contribution is -2.60. The molecule has 0 radical (unpaired) electrons. The fraction of sp³-hybridized carbons (Fsp3) is 0.948. The van der Waals surface area contributed by atoms with Gasteiger partial charge in [-0.15, -0.1) is 0 Å². The summed E-state index contributed by atoms with van der Waals surface area (Å²) in [5.41, 5.74) is 0. The highest BCUT2D eigenvalue weighted by atomic mass is 16.7. The van der Waals surface area contributed by atoms with Crippen molar-refractivity contribution in [2.45, 2.75) is 340 Å². The highest BCUT2D eigenvalue weighted by Gasteiger charge is 2.47. The topological polar surface area (TPSA) is 169 Å². The fourth-order valence-corrected chi connectivity index (χ4v) is 9.59. The van der Waals surface area contributed by atoms with Crippen molar-refractivity contribution in [3.8, 4) is 0 Å². The summed E-state index contributed by atoms with van der Waals surface area (Å²) in [5, 5.41) is 40.0. The van der Waals surface area contributed by atoms with Crippen LogP contribution in [0.2, 0.25) is 0 Å². The summed E-state index contributed by atoms with van der Waals surface area (Å²) in [6.45, 7) is 3.89. The Balaban J connectivity index is 2.20. The number of carbonyl (C=O) groups excluding carboxylic acids is 2. The molecular formula is C58H110O11. The number of unbranched alkanes of at least 4 members (excludes halogenated alkanes) is 41. The van der Waals surface area contributed by atoms with Gasteiger partial charge in [0.05, 0.1) is 6.61 Å². The molecule has 11 heteroatoms. The first-order valence-electron chi connectivity index (χ1n) is 29.6. The zero-order valence-corrected chi connectivity index (χ0v) is 44.8. The van der Waals surface area contributed by atoms with Gasteiger partial charge in [0.1, 0.15) is 24.9 Å². The van der Waals surface area contributed by atoms with E-state index in [0.29, 0.717) is 12.8 Å². The van der Waals surface area contributed by atoms with E-state index in [-0.39, 0.29) is 26.1 Å². The lowest BCUT2D eigenvalue weighted by molar-refractivity contribution is -0.298. The van der Waals surface area contributed by atoms with Crippen molar-refractivity contribution in [2.24, 2.45) is 0 Å². The van der Waals surface area contributed by atoms with Gasteiger partial charge < -0.3 is 39.4 Å². The predicted octanol–water partition coefficient (Wildman–Crippen LogP) is 14.9. The van der Waals surface area contributed by atoms with Crippen molar-refractivity contribution in [1.82, 2.24) is 0 Å². The van der Waals surface area contributed by atoms with Crippen LogP contribution in [0, 0.1) is 0 Å². The highest BCUT2D eigenvalue weighted by Crippen LogP contribution is 2.24. The van der Waals surface area contributed by atoms with Crippen LogP contribution in [0.5, 0.6) is 0 Å². The molecule has 1 rings (SSSR count). The molecule has 1 fully saturated rings.